The van der Waals surface area contributed by atoms with Crippen LogP contribution in [0.25, 0.3) is 10.8 Å². The molecule has 0 unspecified atom stereocenters. The van der Waals surface area contributed by atoms with Crippen molar-refractivity contribution in [1.29, 1.82) is 0 Å². The molecule has 4 rings (SSSR count). The minimum absolute atomic E-state index is 0.0746. The topological polar surface area (TPSA) is 131 Å². The number of methoxy groups -OCH3 is 1. The predicted octanol–water partition coefficient (Wildman–Crippen LogP) is 2.49. The minimum atomic E-state index is -1.87. The standard InChI is InChI=1S/C22H27N4O6P/c1-14-9-17(32-13-14)11-19(27)26-22(28)20-16(12-23-26)10-18(31-2)24-21(20)25-6-3-15(4-7-25)5-8-33(29)30/h9-10,12-13,15,29-30H,3-8,11H2,1-2H3. The summed E-state index contributed by atoms with van der Waals surface area (Å²) in [5.41, 5.74) is 0.368. The van der Waals surface area contributed by atoms with E-state index in [4.69, 9.17) is 9.15 Å². The third-order valence-corrected chi connectivity index (χ3v) is 6.59. The van der Waals surface area contributed by atoms with Gasteiger partial charge in [0.15, 0.2) is 8.38 Å². The lowest BCUT2D eigenvalue weighted by molar-refractivity contribution is 0.0886. The molecule has 1 aliphatic heterocycles. The SMILES string of the molecule is COc1cc2cnn(C(=O)Cc3cc(C)co3)c(=O)c2c(N2CCC(CCP(O)O)CC2)n1. The summed E-state index contributed by atoms with van der Waals surface area (Å²) in [6, 6.07) is 3.39. The van der Waals surface area contributed by atoms with Gasteiger partial charge in [-0.25, -0.2) is 0 Å². The normalized spacial score (nSPS) is 14.9. The van der Waals surface area contributed by atoms with E-state index in [-0.39, 0.29) is 6.42 Å². The predicted molar refractivity (Wildman–Crippen MR) is 124 cm³/mol. The molecule has 0 aromatic carbocycles. The number of hydrogen-bond acceptors (Lipinski definition) is 9. The fourth-order valence-electron chi connectivity index (χ4n) is 4.18. The zero-order valence-corrected chi connectivity index (χ0v) is 19.5. The molecule has 10 nitrogen and oxygen atoms in total. The second-order valence-electron chi connectivity index (χ2n) is 8.29. The number of hydrogen-bond donors (Lipinski definition) is 2. The first-order valence-corrected chi connectivity index (χ1v) is 12.2. The molecule has 0 saturated carbocycles. The van der Waals surface area contributed by atoms with Gasteiger partial charge >= 0.3 is 0 Å². The summed E-state index contributed by atoms with van der Waals surface area (Å²) >= 11 is 0. The van der Waals surface area contributed by atoms with Crippen LogP contribution < -0.4 is 15.2 Å². The lowest BCUT2D eigenvalue weighted by atomic mass is 9.94. The first-order valence-electron chi connectivity index (χ1n) is 10.8. The van der Waals surface area contributed by atoms with Crippen molar-refractivity contribution in [1.82, 2.24) is 14.8 Å². The van der Waals surface area contributed by atoms with Crippen LogP contribution in [0.3, 0.4) is 0 Å². The molecule has 0 radical (unpaired) electrons. The number of carbonyl (C=O) groups excluding carboxylic acids is 1. The van der Waals surface area contributed by atoms with Gasteiger partial charge in [-0.15, -0.1) is 0 Å². The Morgan fingerprint density at radius 1 is 1.30 bits per heavy atom. The van der Waals surface area contributed by atoms with Crippen LogP contribution in [0.4, 0.5) is 5.82 Å². The third kappa shape index (κ3) is 5.24. The number of fused-ring (bicyclic) bond motifs is 1. The van der Waals surface area contributed by atoms with Crippen LogP contribution in [-0.4, -0.2) is 56.8 Å². The van der Waals surface area contributed by atoms with Crippen molar-refractivity contribution in [2.24, 2.45) is 5.92 Å². The molecule has 1 aliphatic rings. The highest BCUT2D eigenvalue weighted by Crippen LogP contribution is 2.33. The van der Waals surface area contributed by atoms with E-state index in [1.165, 1.54) is 13.3 Å². The van der Waals surface area contributed by atoms with Crippen LogP contribution >= 0.6 is 8.38 Å². The van der Waals surface area contributed by atoms with E-state index in [9.17, 15) is 19.4 Å². The second-order valence-corrected chi connectivity index (χ2v) is 9.48. The van der Waals surface area contributed by atoms with E-state index in [2.05, 4.69) is 10.1 Å². The highest BCUT2D eigenvalue weighted by molar-refractivity contribution is 7.45. The Kier molecular flexibility index (Phi) is 7.07. The van der Waals surface area contributed by atoms with Gasteiger partial charge in [0.1, 0.15) is 11.6 Å². The number of rotatable bonds is 7. The summed E-state index contributed by atoms with van der Waals surface area (Å²) < 4.78 is 11.5. The van der Waals surface area contributed by atoms with Gasteiger partial charge in [-0.2, -0.15) is 14.8 Å². The van der Waals surface area contributed by atoms with E-state index in [0.717, 1.165) is 29.5 Å². The number of aryl methyl sites for hydroxylation is 1. The number of ether oxygens (including phenoxy) is 1. The molecule has 0 spiro atoms. The maximum absolute atomic E-state index is 13.4. The Morgan fingerprint density at radius 3 is 2.70 bits per heavy atom. The number of nitrogens with zero attached hydrogens (tertiary/aromatic N) is 4. The van der Waals surface area contributed by atoms with Crippen molar-refractivity contribution in [3.63, 3.8) is 0 Å². The third-order valence-electron chi connectivity index (χ3n) is 5.93. The van der Waals surface area contributed by atoms with Crippen LogP contribution in [0.5, 0.6) is 5.88 Å². The number of piperidine rings is 1. The molecule has 0 atom stereocenters. The molecule has 3 aromatic rings. The fourth-order valence-corrected chi connectivity index (χ4v) is 4.77. The second kappa shape index (κ2) is 9.99. The first kappa shape index (κ1) is 23.4. The number of anilines is 1. The van der Waals surface area contributed by atoms with Crippen LogP contribution in [0, 0.1) is 12.8 Å². The van der Waals surface area contributed by atoms with E-state index >= 15 is 0 Å². The zero-order chi connectivity index (χ0) is 23.5. The van der Waals surface area contributed by atoms with Crippen molar-refractivity contribution in [2.45, 2.75) is 32.6 Å². The van der Waals surface area contributed by atoms with Crippen LogP contribution in [-0.2, 0) is 6.42 Å². The summed E-state index contributed by atoms with van der Waals surface area (Å²) in [6.07, 6.45) is 5.82. The highest BCUT2D eigenvalue weighted by Gasteiger charge is 2.25. The van der Waals surface area contributed by atoms with Gasteiger partial charge in [-0.05, 0) is 43.7 Å². The summed E-state index contributed by atoms with van der Waals surface area (Å²) in [5, 5.41) is 4.96. The van der Waals surface area contributed by atoms with Gasteiger partial charge in [-0.3, -0.25) is 9.59 Å². The highest BCUT2D eigenvalue weighted by atomic mass is 31.2. The zero-order valence-electron chi connectivity index (χ0n) is 18.6. The van der Waals surface area contributed by atoms with Crippen LogP contribution in [0.1, 0.15) is 35.4 Å². The first-order chi connectivity index (χ1) is 15.9. The molecule has 1 fully saturated rings. The summed E-state index contributed by atoms with van der Waals surface area (Å²) in [7, 11) is -0.365. The fraction of sp³-hybridized carbons (Fsp3) is 0.455. The Balaban J connectivity index is 1.65. The van der Waals surface area contributed by atoms with Crippen molar-refractivity contribution in [2.75, 3.05) is 31.3 Å². The van der Waals surface area contributed by atoms with Crippen molar-refractivity contribution in [3.05, 3.63) is 46.3 Å². The van der Waals surface area contributed by atoms with E-state index in [0.29, 0.717) is 53.4 Å². The molecule has 0 aliphatic carbocycles. The van der Waals surface area contributed by atoms with Gasteiger partial charge in [0, 0.05) is 30.7 Å². The monoisotopic (exact) mass is 474 g/mol. The Hall–Kier alpha value is -2.81. The van der Waals surface area contributed by atoms with Gasteiger partial charge < -0.3 is 23.8 Å². The van der Waals surface area contributed by atoms with E-state index in [1.807, 2.05) is 11.8 Å². The van der Waals surface area contributed by atoms with Crippen LogP contribution in [0.15, 0.2) is 33.8 Å². The Bertz CT molecular complexity index is 1200. The molecule has 2 N–H and O–H groups in total. The van der Waals surface area contributed by atoms with Crippen molar-refractivity contribution >= 4 is 30.9 Å². The van der Waals surface area contributed by atoms with Gasteiger partial charge in [0.2, 0.25) is 5.88 Å². The largest absolute Gasteiger partial charge is 0.481 e. The average Bonchev–Trinajstić information content (AvgIpc) is 3.21. The molecule has 3 aromatic heterocycles. The number of pyridine rings is 1. The van der Waals surface area contributed by atoms with Crippen molar-refractivity contribution in [3.8, 4) is 5.88 Å². The maximum atomic E-state index is 13.4. The molecule has 4 heterocycles. The molecule has 11 heteroatoms. The summed E-state index contributed by atoms with van der Waals surface area (Å²) in [5.74, 6) is 1.20. The van der Waals surface area contributed by atoms with Crippen molar-refractivity contribution < 1.29 is 23.7 Å². The summed E-state index contributed by atoms with van der Waals surface area (Å²) in [4.78, 5) is 51.1. The molecule has 0 amide bonds. The molecule has 176 valence electrons. The molecular weight excluding hydrogens is 447 g/mol. The molecular formula is C22H27N4O6P. The Labute approximate surface area is 191 Å². The Morgan fingerprint density at radius 2 is 2.06 bits per heavy atom. The quantitative estimate of drug-likeness (QED) is 0.496. The minimum Gasteiger partial charge on any atom is -0.481 e. The smallest absolute Gasteiger partial charge is 0.285 e. The summed E-state index contributed by atoms with van der Waals surface area (Å²) in [6.45, 7) is 3.19. The lowest BCUT2D eigenvalue weighted by Crippen LogP contribution is -2.36. The molecule has 0 bridgehead atoms. The average molecular weight is 474 g/mol. The molecule has 33 heavy (non-hydrogen) atoms. The van der Waals surface area contributed by atoms with Gasteiger partial charge in [0.25, 0.3) is 11.5 Å². The lowest BCUT2D eigenvalue weighted by Gasteiger charge is -2.33. The van der Waals surface area contributed by atoms with Gasteiger partial charge in [-0.1, -0.05) is 0 Å². The van der Waals surface area contributed by atoms with E-state index in [1.54, 1.807) is 18.4 Å². The molecule has 1 saturated heterocycles. The number of furan rings is 1. The van der Waals surface area contributed by atoms with Gasteiger partial charge in [0.05, 0.1) is 31.4 Å². The maximum Gasteiger partial charge on any atom is 0.285 e. The van der Waals surface area contributed by atoms with Crippen LogP contribution in [0.2, 0.25) is 0 Å². The van der Waals surface area contributed by atoms with E-state index < -0.39 is 19.8 Å². The number of carbonyl (C=O) groups is 1. The number of aromatic nitrogens is 3.